The summed E-state index contributed by atoms with van der Waals surface area (Å²) in [6.45, 7) is 7.94. The number of anilines is 2. The smallest absolute Gasteiger partial charge is 0.269 e. The van der Waals surface area contributed by atoms with Gasteiger partial charge in [0.05, 0.1) is 24.2 Å². The molecule has 12 heteroatoms. The number of sulfonamides is 1. The fourth-order valence-corrected chi connectivity index (χ4v) is 6.70. The van der Waals surface area contributed by atoms with Gasteiger partial charge in [-0.3, -0.25) is 14.4 Å². The molecule has 0 saturated carbocycles. The van der Waals surface area contributed by atoms with Crippen molar-refractivity contribution in [3.8, 4) is 11.5 Å². The number of aromatic nitrogens is 2. The zero-order valence-corrected chi connectivity index (χ0v) is 23.1. The number of nitrogens with one attached hydrogen (secondary N) is 1. The highest BCUT2D eigenvalue weighted by molar-refractivity contribution is 8.01. The van der Waals surface area contributed by atoms with Crippen LogP contribution in [0.15, 0.2) is 51.7 Å². The maximum atomic E-state index is 13.8. The Hall–Kier alpha value is -2.83. The number of thioether (sulfide) groups is 1. The van der Waals surface area contributed by atoms with Crippen molar-refractivity contribution in [2.75, 3.05) is 29.0 Å². The molecule has 0 fully saturated rings. The Morgan fingerprint density at radius 2 is 1.94 bits per heavy atom. The molecule has 4 rings (SSSR count). The molecule has 3 aromatic rings. The van der Waals surface area contributed by atoms with E-state index in [1.165, 1.54) is 46.6 Å². The molecule has 0 aliphatic carbocycles. The normalized spacial score (nSPS) is 15.7. The van der Waals surface area contributed by atoms with Gasteiger partial charge in [-0.25, -0.2) is 8.42 Å². The fourth-order valence-electron chi connectivity index (χ4n) is 3.58. The van der Waals surface area contributed by atoms with E-state index in [2.05, 4.69) is 15.5 Å². The molecule has 1 aliphatic heterocycles. The minimum atomic E-state index is -4.02. The quantitative estimate of drug-likeness (QED) is 0.338. The highest BCUT2D eigenvalue weighted by Gasteiger charge is 2.38. The lowest BCUT2D eigenvalue weighted by molar-refractivity contribution is -0.122. The van der Waals surface area contributed by atoms with Gasteiger partial charge in [0.25, 0.3) is 15.9 Å². The molecule has 0 radical (unpaired) electrons. The second-order valence-corrected chi connectivity index (χ2v) is 13.4. The Kier molecular flexibility index (Phi) is 7.48. The zero-order chi connectivity index (χ0) is 26.1. The van der Waals surface area contributed by atoms with Gasteiger partial charge in [0, 0.05) is 0 Å². The first-order valence-corrected chi connectivity index (χ1v) is 14.5. The third-order valence-electron chi connectivity index (χ3n) is 5.54. The molecule has 0 saturated heterocycles. The summed E-state index contributed by atoms with van der Waals surface area (Å²) in [4.78, 5) is 13.2. The lowest BCUT2D eigenvalue weighted by atomic mass is 9.86. The van der Waals surface area contributed by atoms with Crippen LogP contribution in [0.25, 0.3) is 0 Å². The number of benzene rings is 2. The number of methoxy groups -OCH3 is 1. The van der Waals surface area contributed by atoms with Crippen molar-refractivity contribution in [2.45, 2.75) is 48.4 Å². The maximum absolute atomic E-state index is 13.8. The highest BCUT2D eigenvalue weighted by Crippen LogP contribution is 2.40. The predicted octanol–water partition coefficient (Wildman–Crippen LogP) is 4.55. The molecular weight excluding hydrogens is 520 g/mol. The molecule has 1 aromatic heterocycles. The predicted molar refractivity (Wildman–Crippen MR) is 142 cm³/mol. The SMILES string of the molecule is CCSc1nnc(NC(=O)[C@H]2CN(S(=O)(=O)c3ccc(OC)cc3)c3cc(C(C)(C)C)ccc3O2)s1. The Morgan fingerprint density at radius 1 is 1.22 bits per heavy atom. The van der Waals surface area contributed by atoms with Crippen molar-refractivity contribution in [2.24, 2.45) is 0 Å². The van der Waals surface area contributed by atoms with E-state index in [0.29, 0.717) is 22.3 Å². The number of carbonyl (C=O) groups is 1. The number of carbonyl (C=O) groups excluding carboxylic acids is 1. The maximum Gasteiger partial charge on any atom is 0.269 e. The van der Waals surface area contributed by atoms with E-state index in [1.807, 2.05) is 39.8 Å². The summed E-state index contributed by atoms with van der Waals surface area (Å²) in [5, 5.41) is 11.1. The molecule has 9 nitrogen and oxygen atoms in total. The first-order valence-electron chi connectivity index (χ1n) is 11.3. The summed E-state index contributed by atoms with van der Waals surface area (Å²) in [6, 6.07) is 11.6. The number of hydrogen-bond acceptors (Lipinski definition) is 9. The number of amides is 1. The van der Waals surface area contributed by atoms with Crippen LogP contribution in [0.4, 0.5) is 10.8 Å². The van der Waals surface area contributed by atoms with Crippen molar-refractivity contribution in [3.05, 3.63) is 48.0 Å². The molecule has 1 aliphatic rings. The summed E-state index contributed by atoms with van der Waals surface area (Å²) in [5.74, 6) is 1.19. The molecule has 0 spiro atoms. The third kappa shape index (κ3) is 5.45. The standard InChI is InChI=1S/C24H28N4O5S3/c1-6-34-23-27-26-22(35-23)25-21(29)20-14-28(36(30,31)17-10-8-16(32-5)9-11-17)18-13-15(24(2,3)4)7-12-19(18)33-20/h7-13,20H,6,14H2,1-5H3,(H,25,26,29)/t20-/m1/s1. The first-order chi connectivity index (χ1) is 17.0. The summed E-state index contributed by atoms with van der Waals surface area (Å²) >= 11 is 2.78. The minimum absolute atomic E-state index is 0.0850. The van der Waals surface area contributed by atoms with Crippen LogP contribution >= 0.6 is 23.1 Å². The van der Waals surface area contributed by atoms with Gasteiger partial charge in [-0.2, -0.15) is 0 Å². The third-order valence-corrected chi connectivity index (χ3v) is 9.19. The van der Waals surface area contributed by atoms with Gasteiger partial charge in [-0.1, -0.05) is 56.9 Å². The molecule has 1 amide bonds. The van der Waals surface area contributed by atoms with E-state index < -0.39 is 22.0 Å². The molecule has 0 bridgehead atoms. The lowest BCUT2D eigenvalue weighted by Crippen LogP contribution is -2.49. The van der Waals surface area contributed by atoms with Crippen LogP contribution in [-0.2, 0) is 20.2 Å². The Labute approximate surface area is 219 Å². The lowest BCUT2D eigenvalue weighted by Gasteiger charge is -2.35. The highest BCUT2D eigenvalue weighted by atomic mass is 32.2. The molecule has 2 heterocycles. The van der Waals surface area contributed by atoms with Crippen LogP contribution in [0.2, 0.25) is 0 Å². The van der Waals surface area contributed by atoms with E-state index >= 15 is 0 Å². The monoisotopic (exact) mass is 548 g/mol. The van der Waals surface area contributed by atoms with Gasteiger partial charge in [0.15, 0.2) is 10.4 Å². The summed E-state index contributed by atoms with van der Waals surface area (Å²) in [6.07, 6.45) is -1.09. The zero-order valence-electron chi connectivity index (χ0n) is 20.6. The largest absolute Gasteiger partial charge is 0.497 e. The molecular formula is C24H28N4O5S3. The van der Waals surface area contributed by atoms with Crippen molar-refractivity contribution in [1.29, 1.82) is 0 Å². The minimum Gasteiger partial charge on any atom is -0.497 e. The summed E-state index contributed by atoms with van der Waals surface area (Å²) < 4.78 is 40.7. The molecule has 1 N–H and O–H groups in total. The van der Waals surface area contributed by atoms with Crippen molar-refractivity contribution in [1.82, 2.24) is 10.2 Å². The number of hydrogen-bond donors (Lipinski definition) is 1. The van der Waals surface area contributed by atoms with Gasteiger partial charge in [-0.15, -0.1) is 10.2 Å². The van der Waals surface area contributed by atoms with Gasteiger partial charge in [-0.05, 0) is 53.1 Å². The average molecular weight is 549 g/mol. The van der Waals surface area contributed by atoms with Crippen molar-refractivity contribution in [3.63, 3.8) is 0 Å². The number of rotatable bonds is 7. The van der Waals surface area contributed by atoms with Crippen LogP contribution in [0.3, 0.4) is 0 Å². The molecule has 0 unspecified atom stereocenters. The second-order valence-electron chi connectivity index (χ2n) is 9.05. The van der Waals surface area contributed by atoms with Crippen LogP contribution in [0.1, 0.15) is 33.3 Å². The van der Waals surface area contributed by atoms with Crippen molar-refractivity contribution >= 4 is 49.8 Å². The first kappa shape index (κ1) is 26.2. The van der Waals surface area contributed by atoms with E-state index in [4.69, 9.17) is 9.47 Å². The van der Waals surface area contributed by atoms with Crippen LogP contribution in [0, 0.1) is 0 Å². The fraction of sp³-hybridized carbons (Fsp3) is 0.375. The van der Waals surface area contributed by atoms with Gasteiger partial charge < -0.3 is 9.47 Å². The average Bonchev–Trinajstić information content (AvgIpc) is 3.29. The van der Waals surface area contributed by atoms with Crippen LogP contribution in [0.5, 0.6) is 11.5 Å². The number of ether oxygens (including phenoxy) is 2. The Balaban J connectivity index is 1.70. The van der Waals surface area contributed by atoms with E-state index in [9.17, 15) is 13.2 Å². The Bertz CT molecular complexity index is 1350. The van der Waals surface area contributed by atoms with Crippen molar-refractivity contribution < 1.29 is 22.7 Å². The topological polar surface area (TPSA) is 111 Å². The second kappa shape index (κ2) is 10.3. The van der Waals surface area contributed by atoms with Crippen LogP contribution < -0.4 is 19.1 Å². The van der Waals surface area contributed by atoms with Gasteiger partial charge in [0.2, 0.25) is 5.13 Å². The number of nitrogens with zero attached hydrogens (tertiary/aromatic N) is 3. The summed E-state index contributed by atoms with van der Waals surface area (Å²) in [5.41, 5.74) is 1.11. The van der Waals surface area contributed by atoms with E-state index in [0.717, 1.165) is 15.7 Å². The van der Waals surface area contributed by atoms with Gasteiger partial charge >= 0.3 is 0 Å². The molecule has 192 valence electrons. The number of fused-ring (bicyclic) bond motifs is 1. The molecule has 2 aromatic carbocycles. The van der Waals surface area contributed by atoms with Gasteiger partial charge in [0.1, 0.15) is 11.5 Å². The Morgan fingerprint density at radius 3 is 2.58 bits per heavy atom. The summed E-state index contributed by atoms with van der Waals surface area (Å²) in [7, 11) is -2.50. The molecule has 36 heavy (non-hydrogen) atoms. The molecule has 1 atom stereocenters. The van der Waals surface area contributed by atoms with E-state index in [1.54, 1.807) is 18.2 Å². The van der Waals surface area contributed by atoms with Crippen LogP contribution in [-0.4, -0.2) is 50.0 Å². The van der Waals surface area contributed by atoms with E-state index in [-0.39, 0.29) is 16.9 Å².